The number of aliphatic hydroxyl groups excluding tert-OH is 1. The fourth-order valence-electron chi connectivity index (χ4n) is 1.70. The van der Waals surface area contributed by atoms with Crippen molar-refractivity contribution in [2.24, 2.45) is 0 Å². The molecular weight excluding hydrogens is 252 g/mol. The van der Waals surface area contributed by atoms with Gasteiger partial charge in [0, 0.05) is 6.61 Å². The maximum absolute atomic E-state index is 11.7. The number of amides is 1. The number of ether oxygens (including phenoxy) is 1. The van der Waals surface area contributed by atoms with Crippen LogP contribution in [0.1, 0.15) is 24.1 Å². The number of aliphatic hydroxyl groups is 1. The Hall–Kier alpha value is -1.42. The molecule has 1 saturated heterocycles. The molecule has 18 heavy (non-hydrogen) atoms. The molecule has 2 heterocycles. The van der Waals surface area contributed by atoms with Crippen LogP contribution in [0.25, 0.3) is 0 Å². The normalized spacial score (nSPS) is 18.2. The van der Waals surface area contributed by atoms with Crippen LogP contribution in [-0.4, -0.2) is 35.3 Å². The Bertz CT molecular complexity index is 469. The molecule has 96 valence electrons. The average Bonchev–Trinajstić information content (AvgIpc) is 2.98. The smallest absolute Gasteiger partial charge is 0.228 e. The van der Waals surface area contributed by atoms with Crippen molar-refractivity contribution in [3.8, 4) is 11.8 Å². The van der Waals surface area contributed by atoms with Gasteiger partial charge < -0.3 is 15.2 Å². The Morgan fingerprint density at radius 2 is 2.61 bits per heavy atom. The van der Waals surface area contributed by atoms with Crippen molar-refractivity contribution >= 4 is 22.4 Å². The summed E-state index contributed by atoms with van der Waals surface area (Å²) in [5.74, 6) is 5.19. The van der Waals surface area contributed by atoms with E-state index in [4.69, 9.17) is 9.84 Å². The first-order valence-electron chi connectivity index (χ1n) is 5.75. The molecule has 1 fully saturated rings. The molecule has 0 bridgehead atoms. The van der Waals surface area contributed by atoms with Crippen LogP contribution >= 0.6 is 11.3 Å². The number of aromatic nitrogens is 1. The molecule has 0 aliphatic carbocycles. The quantitative estimate of drug-likeness (QED) is 0.800. The highest BCUT2D eigenvalue weighted by Gasteiger charge is 2.19. The van der Waals surface area contributed by atoms with E-state index >= 15 is 0 Å². The fourth-order valence-corrected chi connectivity index (χ4v) is 2.41. The summed E-state index contributed by atoms with van der Waals surface area (Å²) < 4.78 is 5.39. The molecule has 1 aliphatic rings. The van der Waals surface area contributed by atoms with Gasteiger partial charge in [-0.2, -0.15) is 0 Å². The van der Waals surface area contributed by atoms with Crippen molar-refractivity contribution in [1.82, 2.24) is 4.98 Å². The highest BCUT2D eigenvalue weighted by atomic mass is 32.1. The highest BCUT2D eigenvalue weighted by molar-refractivity contribution is 7.16. The fraction of sp³-hybridized carbons (Fsp3) is 0.500. The molecule has 0 radical (unpaired) electrons. The minimum absolute atomic E-state index is 0.0404. The van der Waals surface area contributed by atoms with Gasteiger partial charge in [0.15, 0.2) is 5.13 Å². The number of carbonyl (C=O) groups is 1. The summed E-state index contributed by atoms with van der Waals surface area (Å²) in [7, 11) is 0. The van der Waals surface area contributed by atoms with E-state index in [0.29, 0.717) is 11.6 Å². The molecule has 0 saturated carbocycles. The lowest BCUT2D eigenvalue weighted by Crippen LogP contribution is -2.19. The van der Waals surface area contributed by atoms with Crippen LogP contribution in [0.15, 0.2) is 6.20 Å². The summed E-state index contributed by atoms with van der Waals surface area (Å²) in [6, 6.07) is 0. The third kappa shape index (κ3) is 3.81. The van der Waals surface area contributed by atoms with E-state index in [1.54, 1.807) is 6.20 Å². The lowest BCUT2D eigenvalue weighted by molar-refractivity contribution is -0.118. The van der Waals surface area contributed by atoms with Gasteiger partial charge in [-0.25, -0.2) is 4.98 Å². The summed E-state index contributed by atoms with van der Waals surface area (Å²) in [4.78, 5) is 16.5. The highest BCUT2D eigenvalue weighted by Crippen LogP contribution is 2.19. The number of anilines is 1. The Labute approximate surface area is 109 Å². The first kappa shape index (κ1) is 13.0. The van der Waals surface area contributed by atoms with Gasteiger partial charge in [0.1, 0.15) is 6.61 Å². The predicted molar refractivity (Wildman–Crippen MR) is 68.3 cm³/mol. The Morgan fingerprint density at radius 3 is 3.33 bits per heavy atom. The number of nitrogens with one attached hydrogen (secondary N) is 1. The Kier molecular flexibility index (Phi) is 4.70. The molecule has 1 unspecified atom stereocenters. The number of carbonyl (C=O) groups excluding carboxylic acids is 1. The summed E-state index contributed by atoms with van der Waals surface area (Å²) >= 11 is 1.29. The molecule has 2 rings (SSSR count). The molecule has 1 amide bonds. The Morgan fingerprint density at radius 1 is 1.72 bits per heavy atom. The number of thiazole rings is 1. The van der Waals surface area contributed by atoms with Crippen molar-refractivity contribution < 1.29 is 14.6 Å². The van der Waals surface area contributed by atoms with Crippen LogP contribution < -0.4 is 5.32 Å². The van der Waals surface area contributed by atoms with Crippen LogP contribution in [0, 0.1) is 11.8 Å². The Balaban J connectivity index is 1.84. The number of nitrogens with zero attached hydrogens (tertiary/aromatic N) is 1. The van der Waals surface area contributed by atoms with Crippen LogP contribution in [0.5, 0.6) is 0 Å². The predicted octanol–water partition coefficient (Wildman–Crippen LogP) is 0.995. The van der Waals surface area contributed by atoms with Crippen molar-refractivity contribution in [1.29, 1.82) is 0 Å². The molecule has 1 aromatic rings. The van der Waals surface area contributed by atoms with E-state index in [1.807, 2.05) is 0 Å². The minimum atomic E-state index is -0.182. The van der Waals surface area contributed by atoms with Crippen molar-refractivity contribution in [2.75, 3.05) is 18.5 Å². The van der Waals surface area contributed by atoms with Crippen LogP contribution in [0.2, 0.25) is 0 Å². The molecular formula is C12H14N2O3S. The van der Waals surface area contributed by atoms with Gasteiger partial charge in [-0.3, -0.25) is 4.79 Å². The monoisotopic (exact) mass is 266 g/mol. The van der Waals surface area contributed by atoms with Gasteiger partial charge in [-0.15, -0.1) is 0 Å². The lowest BCUT2D eigenvalue weighted by atomic mass is 10.2. The van der Waals surface area contributed by atoms with E-state index in [0.717, 1.165) is 24.3 Å². The molecule has 1 atom stereocenters. The zero-order valence-corrected chi connectivity index (χ0v) is 10.6. The maximum atomic E-state index is 11.7. The zero-order valence-electron chi connectivity index (χ0n) is 9.81. The van der Waals surface area contributed by atoms with Gasteiger partial charge in [0.05, 0.1) is 23.6 Å². The SMILES string of the molecule is O=C(CC1CCCO1)Nc1ncc(C#CCO)s1. The number of rotatable bonds is 3. The van der Waals surface area contributed by atoms with Gasteiger partial charge in [-0.1, -0.05) is 23.2 Å². The van der Waals surface area contributed by atoms with Crippen LogP contribution in [0.3, 0.4) is 0 Å². The van der Waals surface area contributed by atoms with Gasteiger partial charge in [0.25, 0.3) is 0 Å². The van der Waals surface area contributed by atoms with E-state index in [2.05, 4.69) is 22.1 Å². The molecule has 0 spiro atoms. The van der Waals surface area contributed by atoms with Gasteiger partial charge >= 0.3 is 0 Å². The standard InChI is InChI=1S/C12H14N2O3S/c15-5-1-4-10-8-13-12(18-10)14-11(16)7-9-3-2-6-17-9/h8-9,15H,2-3,5-7H2,(H,13,14,16). The molecule has 1 aromatic heterocycles. The van der Waals surface area contributed by atoms with Crippen molar-refractivity contribution in [3.63, 3.8) is 0 Å². The summed E-state index contributed by atoms with van der Waals surface area (Å²) in [5, 5.41) is 11.8. The maximum Gasteiger partial charge on any atom is 0.228 e. The largest absolute Gasteiger partial charge is 0.384 e. The number of hydrogen-bond donors (Lipinski definition) is 2. The van der Waals surface area contributed by atoms with Crippen molar-refractivity contribution in [2.45, 2.75) is 25.4 Å². The summed E-state index contributed by atoms with van der Waals surface area (Å²) in [6.45, 7) is 0.564. The van der Waals surface area contributed by atoms with Crippen molar-refractivity contribution in [3.05, 3.63) is 11.1 Å². The van der Waals surface area contributed by atoms with Crippen LogP contribution in [-0.2, 0) is 9.53 Å². The second-order valence-electron chi connectivity index (χ2n) is 3.88. The summed E-state index contributed by atoms with van der Waals surface area (Å²) in [5.41, 5.74) is 0. The average molecular weight is 266 g/mol. The summed E-state index contributed by atoms with van der Waals surface area (Å²) in [6.07, 6.45) is 3.96. The third-order valence-corrected chi connectivity index (χ3v) is 3.31. The van der Waals surface area contributed by atoms with Crippen LogP contribution in [0.4, 0.5) is 5.13 Å². The lowest BCUT2D eigenvalue weighted by Gasteiger charge is -2.07. The zero-order chi connectivity index (χ0) is 12.8. The topological polar surface area (TPSA) is 71.5 Å². The third-order valence-electron chi connectivity index (χ3n) is 2.48. The van der Waals surface area contributed by atoms with E-state index in [-0.39, 0.29) is 18.6 Å². The van der Waals surface area contributed by atoms with Gasteiger partial charge in [-0.05, 0) is 12.8 Å². The number of hydrogen-bond acceptors (Lipinski definition) is 5. The molecule has 1 aliphatic heterocycles. The van der Waals surface area contributed by atoms with E-state index in [1.165, 1.54) is 11.3 Å². The second kappa shape index (κ2) is 6.50. The molecule has 6 heteroatoms. The minimum Gasteiger partial charge on any atom is -0.384 e. The first-order valence-corrected chi connectivity index (χ1v) is 6.56. The van der Waals surface area contributed by atoms with E-state index < -0.39 is 0 Å². The van der Waals surface area contributed by atoms with Gasteiger partial charge in [0.2, 0.25) is 5.91 Å². The second-order valence-corrected chi connectivity index (χ2v) is 4.91. The molecule has 5 nitrogen and oxygen atoms in total. The molecule has 0 aromatic carbocycles. The molecule has 2 N–H and O–H groups in total. The van der Waals surface area contributed by atoms with E-state index in [9.17, 15) is 4.79 Å². The first-order chi connectivity index (χ1) is 8.78.